The second-order valence-electron chi connectivity index (χ2n) is 10.1. The zero-order valence-corrected chi connectivity index (χ0v) is 19.4. The minimum Gasteiger partial charge on any atom is -0.336 e. The van der Waals surface area contributed by atoms with Crippen LogP contribution in [0.5, 0.6) is 0 Å². The maximum Gasteiger partial charge on any atom is 0.318 e. The molecule has 2 saturated heterocycles. The first-order chi connectivity index (χ1) is 15.1. The van der Waals surface area contributed by atoms with Crippen LogP contribution in [0, 0.1) is 16.7 Å². The SMILES string of the molecule is CCCCN1CCC2(CC1)CCN(C(=O)NC(CC(C)(F)F)C(=O)NC1(C#N)CC1)CC2. The van der Waals surface area contributed by atoms with Gasteiger partial charge in [-0.15, -0.1) is 0 Å². The van der Waals surface area contributed by atoms with Crippen molar-refractivity contribution in [3.8, 4) is 6.07 Å². The molecule has 1 aliphatic carbocycles. The van der Waals surface area contributed by atoms with E-state index in [-0.39, 0.29) is 5.41 Å². The summed E-state index contributed by atoms with van der Waals surface area (Å²) in [6, 6.07) is 0.169. The third kappa shape index (κ3) is 6.53. The number of hydrogen-bond acceptors (Lipinski definition) is 4. The van der Waals surface area contributed by atoms with Gasteiger partial charge in [-0.25, -0.2) is 13.6 Å². The number of urea groups is 1. The Morgan fingerprint density at radius 3 is 2.19 bits per heavy atom. The van der Waals surface area contributed by atoms with E-state index >= 15 is 0 Å². The molecule has 1 unspecified atom stereocenters. The molecule has 0 bridgehead atoms. The Labute approximate surface area is 189 Å². The Morgan fingerprint density at radius 2 is 1.69 bits per heavy atom. The summed E-state index contributed by atoms with van der Waals surface area (Å²) in [4.78, 5) is 29.5. The molecule has 32 heavy (non-hydrogen) atoms. The lowest BCUT2D eigenvalue weighted by Gasteiger charge is -2.47. The van der Waals surface area contributed by atoms with E-state index in [1.54, 1.807) is 4.90 Å². The van der Waals surface area contributed by atoms with Crippen LogP contribution >= 0.6 is 0 Å². The summed E-state index contributed by atoms with van der Waals surface area (Å²) in [7, 11) is 0. The highest BCUT2D eigenvalue weighted by molar-refractivity contribution is 5.88. The summed E-state index contributed by atoms with van der Waals surface area (Å²) in [5.74, 6) is -3.83. The normalized spacial score (nSPS) is 23.3. The molecule has 0 radical (unpaired) electrons. The van der Waals surface area contributed by atoms with Crippen LogP contribution in [0.1, 0.15) is 71.6 Å². The topological polar surface area (TPSA) is 88.5 Å². The molecule has 3 rings (SSSR count). The highest BCUT2D eigenvalue weighted by Gasteiger charge is 2.47. The number of nitriles is 1. The molecule has 3 aliphatic rings. The molecule has 0 aromatic carbocycles. The number of carbonyl (C=O) groups is 2. The third-order valence-electron chi connectivity index (χ3n) is 7.36. The number of nitrogens with one attached hydrogen (secondary N) is 2. The van der Waals surface area contributed by atoms with Crippen molar-refractivity contribution in [2.24, 2.45) is 5.41 Å². The molecule has 1 spiro atoms. The molecule has 3 amide bonds. The van der Waals surface area contributed by atoms with Crippen LogP contribution in [0.2, 0.25) is 0 Å². The first-order valence-electron chi connectivity index (χ1n) is 12.0. The molecule has 0 aromatic rings. The van der Waals surface area contributed by atoms with Gasteiger partial charge >= 0.3 is 6.03 Å². The number of hydrogen-bond donors (Lipinski definition) is 2. The number of rotatable bonds is 8. The summed E-state index contributed by atoms with van der Waals surface area (Å²) in [6.07, 6.45) is 6.71. The number of likely N-dealkylation sites (tertiary alicyclic amines) is 2. The number of nitrogens with zero attached hydrogens (tertiary/aromatic N) is 3. The van der Waals surface area contributed by atoms with E-state index in [0.29, 0.717) is 25.9 Å². The van der Waals surface area contributed by atoms with Crippen LogP contribution in [-0.2, 0) is 4.79 Å². The minimum absolute atomic E-state index is 0.262. The molecule has 7 nitrogen and oxygen atoms in total. The Balaban J connectivity index is 1.51. The van der Waals surface area contributed by atoms with Crippen LogP contribution in [0.4, 0.5) is 13.6 Å². The number of halogens is 2. The smallest absolute Gasteiger partial charge is 0.318 e. The van der Waals surface area contributed by atoms with Gasteiger partial charge in [-0.3, -0.25) is 4.79 Å². The van der Waals surface area contributed by atoms with Gasteiger partial charge in [0.05, 0.1) is 6.07 Å². The van der Waals surface area contributed by atoms with Gasteiger partial charge in [0.2, 0.25) is 11.8 Å². The zero-order valence-electron chi connectivity index (χ0n) is 19.4. The Kier molecular flexibility index (Phi) is 7.64. The zero-order chi connectivity index (χ0) is 23.4. The van der Waals surface area contributed by atoms with E-state index in [1.165, 1.54) is 12.8 Å². The summed E-state index contributed by atoms with van der Waals surface area (Å²) in [5, 5.41) is 14.2. The lowest BCUT2D eigenvalue weighted by Crippen LogP contribution is -2.56. The van der Waals surface area contributed by atoms with Crippen molar-refractivity contribution in [3.63, 3.8) is 0 Å². The van der Waals surface area contributed by atoms with Gasteiger partial charge in [-0.05, 0) is 76.9 Å². The van der Waals surface area contributed by atoms with Crippen LogP contribution < -0.4 is 10.6 Å². The van der Waals surface area contributed by atoms with Crippen LogP contribution in [-0.4, -0.2) is 72.0 Å². The lowest BCUT2D eigenvalue weighted by atomic mass is 9.71. The van der Waals surface area contributed by atoms with Gasteiger partial charge in [0.15, 0.2) is 0 Å². The van der Waals surface area contributed by atoms with Crippen LogP contribution in [0.25, 0.3) is 0 Å². The van der Waals surface area contributed by atoms with Gasteiger partial charge in [0.25, 0.3) is 0 Å². The van der Waals surface area contributed by atoms with Crippen molar-refractivity contribution in [1.82, 2.24) is 20.4 Å². The third-order valence-corrected chi connectivity index (χ3v) is 7.36. The van der Waals surface area contributed by atoms with Gasteiger partial charge in [0.1, 0.15) is 11.6 Å². The van der Waals surface area contributed by atoms with Gasteiger partial charge in [-0.1, -0.05) is 13.3 Å². The van der Waals surface area contributed by atoms with E-state index in [4.69, 9.17) is 0 Å². The second kappa shape index (κ2) is 9.90. The summed E-state index contributed by atoms with van der Waals surface area (Å²) < 4.78 is 27.4. The fraction of sp³-hybridized carbons (Fsp3) is 0.870. The molecule has 180 valence electrons. The van der Waals surface area contributed by atoms with E-state index in [9.17, 15) is 23.6 Å². The quantitative estimate of drug-likeness (QED) is 0.591. The van der Waals surface area contributed by atoms with Crippen LogP contribution in [0.3, 0.4) is 0 Å². The fourth-order valence-electron chi connectivity index (χ4n) is 4.84. The Hall–Kier alpha value is -1.95. The van der Waals surface area contributed by atoms with Crippen LogP contribution in [0.15, 0.2) is 0 Å². The van der Waals surface area contributed by atoms with Crippen molar-refractivity contribution in [2.45, 2.75) is 89.1 Å². The Morgan fingerprint density at radius 1 is 1.09 bits per heavy atom. The predicted octanol–water partition coefficient (Wildman–Crippen LogP) is 3.26. The van der Waals surface area contributed by atoms with E-state index in [2.05, 4.69) is 22.5 Å². The lowest BCUT2D eigenvalue weighted by molar-refractivity contribution is -0.126. The molecule has 2 aliphatic heterocycles. The summed E-state index contributed by atoms with van der Waals surface area (Å²) in [6.45, 7) is 7.42. The molecule has 2 N–H and O–H groups in total. The standard InChI is InChI=1S/C23H37F2N5O2/c1-3-4-11-29-12-7-22(8-13-29)9-14-30(15-10-22)20(32)27-18(16-21(2,24)25)19(31)28-23(17-26)5-6-23/h18H,3-16H2,1-2H3,(H,27,32)(H,28,31). The maximum atomic E-state index is 13.7. The average Bonchev–Trinajstić information content (AvgIpc) is 3.52. The highest BCUT2D eigenvalue weighted by Crippen LogP contribution is 2.41. The van der Waals surface area contributed by atoms with E-state index in [0.717, 1.165) is 52.2 Å². The molecule has 1 atom stereocenters. The number of piperidine rings is 2. The van der Waals surface area contributed by atoms with E-state index < -0.39 is 35.9 Å². The molecule has 0 aromatic heterocycles. The molecular weight excluding hydrogens is 416 g/mol. The fourth-order valence-corrected chi connectivity index (χ4v) is 4.84. The summed E-state index contributed by atoms with van der Waals surface area (Å²) >= 11 is 0. The monoisotopic (exact) mass is 453 g/mol. The molecule has 2 heterocycles. The van der Waals surface area contributed by atoms with Crippen molar-refractivity contribution in [3.05, 3.63) is 0 Å². The first-order valence-corrected chi connectivity index (χ1v) is 12.0. The Bertz CT molecular complexity index is 711. The maximum absolute atomic E-state index is 13.7. The van der Waals surface area contributed by atoms with Gasteiger partial charge < -0.3 is 20.4 Å². The highest BCUT2D eigenvalue weighted by atomic mass is 19.3. The number of alkyl halides is 2. The van der Waals surface area contributed by atoms with Crippen molar-refractivity contribution in [2.75, 3.05) is 32.7 Å². The minimum atomic E-state index is -3.11. The average molecular weight is 454 g/mol. The molecule has 1 saturated carbocycles. The number of carbonyl (C=O) groups excluding carboxylic acids is 2. The first kappa shape index (κ1) is 24.7. The van der Waals surface area contributed by atoms with Gasteiger partial charge in [-0.2, -0.15) is 5.26 Å². The number of amides is 3. The van der Waals surface area contributed by atoms with Crippen molar-refractivity contribution >= 4 is 11.9 Å². The number of unbranched alkanes of at least 4 members (excludes halogenated alkanes) is 1. The molecule has 9 heteroatoms. The van der Waals surface area contributed by atoms with Crippen molar-refractivity contribution in [1.29, 1.82) is 5.26 Å². The predicted molar refractivity (Wildman–Crippen MR) is 117 cm³/mol. The second-order valence-corrected chi connectivity index (χ2v) is 10.1. The van der Waals surface area contributed by atoms with Crippen molar-refractivity contribution < 1.29 is 18.4 Å². The van der Waals surface area contributed by atoms with Gasteiger partial charge in [0, 0.05) is 19.5 Å². The largest absolute Gasteiger partial charge is 0.336 e. The summed E-state index contributed by atoms with van der Waals surface area (Å²) in [5.41, 5.74) is -0.704. The van der Waals surface area contributed by atoms with E-state index in [1.807, 2.05) is 6.07 Å². The molecule has 3 fully saturated rings. The molecular formula is C23H37F2N5O2.